The number of hydrogen-bond acceptors (Lipinski definition) is 4. The molecule has 0 atom stereocenters. The van der Waals surface area contributed by atoms with Crippen molar-refractivity contribution in [2.45, 2.75) is 6.61 Å². The summed E-state index contributed by atoms with van der Waals surface area (Å²) in [5.41, 5.74) is 1.73. The summed E-state index contributed by atoms with van der Waals surface area (Å²) in [5, 5.41) is 0. The van der Waals surface area contributed by atoms with Crippen molar-refractivity contribution in [3.05, 3.63) is 81.4 Å². The van der Waals surface area contributed by atoms with Crippen molar-refractivity contribution < 1.29 is 13.9 Å². The van der Waals surface area contributed by atoms with Gasteiger partial charge in [0, 0.05) is 6.54 Å². The van der Waals surface area contributed by atoms with Gasteiger partial charge >= 0.3 is 0 Å². The van der Waals surface area contributed by atoms with E-state index in [-0.39, 0.29) is 11.7 Å². The molecule has 0 N–H and O–H groups in total. The summed E-state index contributed by atoms with van der Waals surface area (Å²) >= 11 is 10.0. The smallest absolute Gasteiger partial charge is 0.266 e. The molecule has 1 fully saturated rings. The fraction of sp³-hybridized carbons (Fsp3) is 0.100. The number of thioether (sulfide) groups is 1. The molecule has 27 heavy (non-hydrogen) atoms. The fourth-order valence-corrected chi connectivity index (χ4v) is 4.19. The summed E-state index contributed by atoms with van der Waals surface area (Å²) in [6, 6.07) is 11.7. The molecular weight excluding hydrogens is 449 g/mol. The molecule has 7 heteroatoms. The van der Waals surface area contributed by atoms with Gasteiger partial charge < -0.3 is 4.74 Å². The van der Waals surface area contributed by atoms with Crippen molar-refractivity contribution in [3.63, 3.8) is 0 Å². The Bertz CT molecular complexity index is 928. The third-order valence-electron chi connectivity index (χ3n) is 3.75. The Morgan fingerprint density at radius 1 is 1.26 bits per heavy atom. The second kappa shape index (κ2) is 8.82. The first kappa shape index (κ1) is 19.8. The Balaban J connectivity index is 1.71. The first-order chi connectivity index (χ1) is 13.0. The SMILES string of the molecule is C=CCN1C(=O)C(=Cc2ccc(OCc3ccc(F)cc3)c(Br)c2)SC1=S. The maximum absolute atomic E-state index is 12.9. The van der Waals surface area contributed by atoms with E-state index >= 15 is 0 Å². The van der Waals surface area contributed by atoms with Crippen molar-refractivity contribution in [3.8, 4) is 5.75 Å². The molecular formula is C20H15BrFNO2S2. The number of nitrogens with zero attached hydrogens (tertiary/aromatic N) is 1. The van der Waals surface area contributed by atoms with Gasteiger partial charge in [0.25, 0.3) is 5.91 Å². The number of amides is 1. The topological polar surface area (TPSA) is 29.5 Å². The lowest BCUT2D eigenvalue weighted by molar-refractivity contribution is -0.121. The van der Waals surface area contributed by atoms with Gasteiger partial charge in [0.05, 0.1) is 9.38 Å². The van der Waals surface area contributed by atoms with E-state index < -0.39 is 0 Å². The van der Waals surface area contributed by atoms with Crippen molar-refractivity contribution in [1.82, 2.24) is 4.90 Å². The lowest BCUT2D eigenvalue weighted by atomic mass is 10.2. The van der Waals surface area contributed by atoms with Crippen LogP contribution in [0.15, 0.2) is 64.5 Å². The number of thiocarbonyl (C=S) groups is 1. The first-order valence-electron chi connectivity index (χ1n) is 8.01. The predicted octanol–water partition coefficient (Wildman–Crippen LogP) is 5.55. The highest BCUT2D eigenvalue weighted by Gasteiger charge is 2.30. The molecule has 1 aliphatic rings. The lowest BCUT2D eigenvalue weighted by Gasteiger charge is -2.10. The van der Waals surface area contributed by atoms with Crippen LogP contribution < -0.4 is 4.74 Å². The van der Waals surface area contributed by atoms with E-state index in [0.717, 1.165) is 15.6 Å². The van der Waals surface area contributed by atoms with Gasteiger partial charge in [-0.2, -0.15) is 0 Å². The van der Waals surface area contributed by atoms with Crippen molar-refractivity contribution in [1.29, 1.82) is 0 Å². The lowest BCUT2D eigenvalue weighted by Crippen LogP contribution is -2.27. The van der Waals surface area contributed by atoms with Gasteiger partial charge in [0.1, 0.15) is 22.5 Å². The second-order valence-electron chi connectivity index (χ2n) is 5.69. The number of halogens is 2. The van der Waals surface area contributed by atoms with Crippen LogP contribution in [0.5, 0.6) is 5.75 Å². The Morgan fingerprint density at radius 2 is 2.00 bits per heavy atom. The average molecular weight is 464 g/mol. The van der Waals surface area contributed by atoms with Crippen LogP contribution in [0.25, 0.3) is 6.08 Å². The minimum Gasteiger partial charge on any atom is -0.488 e. The van der Waals surface area contributed by atoms with E-state index in [2.05, 4.69) is 22.5 Å². The number of hydrogen-bond donors (Lipinski definition) is 0. The van der Waals surface area contributed by atoms with Crippen molar-refractivity contribution >= 4 is 56.2 Å². The van der Waals surface area contributed by atoms with Crippen LogP contribution in [0.4, 0.5) is 4.39 Å². The molecule has 0 aliphatic carbocycles. The standard InChI is InChI=1S/C20H15BrFNO2S2/c1-2-9-23-19(24)18(27-20(23)26)11-14-5-8-17(16(21)10-14)25-12-13-3-6-15(22)7-4-13/h2-8,10-11H,1,9,12H2. The number of ether oxygens (including phenoxy) is 1. The van der Waals surface area contributed by atoms with Gasteiger partial charge in [-0.15, -0.1) is 6.58 Å². The molecule has 3 nitrogen and oxygen atoms in total. The summed E-state index contributed by atoms with van der Waals surface area (Å²) in [4.78, 5) is 14.5. The molecule has 0 spiro atoms. The van der Waals surface area contributed by atoms with Crippen molar-refractivity contribution in [2.75, 3.05) is 6.54 Å². The number of rotatable bonds is 6. The summed E-state index contributed by atoms with van der Waals surface area (Å²) in [6.45, 7) is 4.38. The largest absolute Gasteiger partial charge is 0.488 e. The van der Waals surface area contributed by atoms with Crippen LogP contribution in [-0.2, 0) is 11.4 Å². The maximum atomic E-state index is 12.9. The van der Waals surface area contributed by atoms with Gasteiger partial charge in [0.15, 0.2) is 0 Å². The second-order valence-corrected chi connectivity index (χ2v) is 8.22. The van der Waals surface area contributed by atoms with Gasteiger partial charge in [-0.3, -0.25) is 9.69 Å². The third-order valence-corrected chi connectivity index (χ3v) is 5.74. The zero-order valence-electron chi connectivity index (χ0n) is 14.2. The molecule has 0 bridgehead atoms. The van der Waals surface area contributed by atoms with E-state index in [0.29, 0.717) is 28.1 Å². The van der Waals surface area contributed by atoms with Crippen molar-refractivity contribution in [2.24, 2.45) is 0 Å². The fourth-order valence-electron chi connectivity index (χ4n) is 2.40. The van der Waals surface area contributed by atoms with Crippen LogP contribution in [0, 0.1) is 5.82 Å². The molecule has 3 rings (SSSR count). The minimum absolute atomic E-state index is 0.113. The molecule has 0 radical (unpaired) electrons. The van der Waals surface area contributed by atoms with Gasteiger partial charge in [-0.1, -0.05) is 48.3 Å². The maximum Gasteiger partial charge on any atom is 0.266 e. The van der Waals surface area contributed by atoms with E-state index in [1.165, 1.54) is 28.8 Å². The van der Waals surface area contributed by atoms with Crippen LogP contribution in [-0.4, -0.2) is 21.7 Å². The van der Waals surface area contributed by atoms with E-state index in [1.807, 2.05) is 18.2 Å². The predicted molar refractivity (Wildman–Crippen MR) is 115 cm³/mol. The normalized spacial score (nSPS) is 15.5. The van der Waals surface area contributed by atoms with Crippen LogP contribution in [0.2, 0.25) is 0 Å². The quantitative estimate of drug-likeness (QED) is 0.318. The summed E-state index contributed by atoms with van der Waals surface area (Å²) < 4.78 is 20.0. The molecule has 1 aliphatic heterocycles. The first-order valence-corrected chi connectivity index (χ1v) is 10.0. The summed E-state index contributed by atoms with van der Waals surface area (Å²) in [6.07, 6.45) is 3.45. The molecule has 138 valence electrons. The molecule has 0 unspecified atom stereocenters. The monoisotopic (exact) mass is 463 g/mol. The highest BCUT2D eigenvalue weighted by molar-refractivity contribution is 9.10. The molecule has 1 heterocycles. The summed E-state index contributed by atoms with van der Waals surface area (Å²) in [7, 11) is 0. The van der Waals surface area contributed by atoms with Gasteiger partial charge in [0.2, 0.25) is 0 Å². The zero-order valence-corrected chi connectivity index (χ0v) is 17.4. The van der Waals surface area contributed by atoms with Crippen LogP contribution in [0.1, 0.15) is 11.1 Å². The van der Waals surface area contributed by atoms with Crippen LogP contribution in [0.3, 0.4) is 0 Å². The van der Waals surface area contributed by atoms with E-state index in [9.17, 15) is 9.18 Å². The summed E-state index contributed by atoms with van der Waals surface area (Å²) in [5.74, 6) is 0.274. The van der Waals surface area contributed by atoms with Crippen LogP contribution >= 0.6 is 39.9 Å². The number of benzene rings is 2. The Labute approximate surface area is 175 Å². The third kappa shape index (κ3) is 4.86. The molecule has 1 saturated heterocycles. The minimum atomic E-state index is -0.275. The number of carbonyl (C=O) groups is 1. The molecule has 2 aromatic rings. The van der Waals surface area contributed by atoms with Gasteiger partial charge in [-0.05, 0) is 57.4 Å². The highest BCUT2D eigenvalue weighted by atomic mass is 79.9. The van der Waals surface area contributed by atoms with Gasteiger partial charge in [-0.25, -0.2) is 4.39 Å². The Hall–Kier alpha value is -1.96. The molecule has 2 aromatic carbocycles. The molecule has 0 aromatic heterocycles. The highest BCUT2D eigenvalue weighted by Crippen LogP contribution is 2.34. The molecule has 1 amide bonds. The Morgan fingerprint density at radius 3 is 2.67 bits per heavy atom. The van der Waals surface area contributed by atoms with E-state index in [4.69, 9.17) is 17.0 Å². The Kier molecular flexibility index (Phi) is 6.46. The molecule has 0 saturated carbocycles. The zero-order chi connectivity index (χ0) is 19.4. The van der Waals surface area contributed by atoms with E-state index in [1.54, 1.807) is 24.3 Å². The number of carbonyl (C=O) groups excluding carboxylic acids is 1. The average Bonchev–Trinajstić information content (AvgIpc) is 2.90.